The Kier molecular flexibility index (Phi) is 4.08. The standard InChI is InChI=1S/C15H18N4O2S/c1-4-15(3,14-17-10(2)9-22-14)16-8-12-18-13(19-21-12)11-6-5-7-20-11/h5-7,9,16H,4,8H2,1-3H3/t15-/m0/s1. The first-order valence-corrected chi connectivity index (χ1v) is 8.03. The van der Waals surface area contributed by atoms with Crippen LogP contribution in [-0.4, -0.2) is 15.1 Å². The highest BCUT2D eigenvalue weighted by Crippen LogP contribution is 2.28. The monoisotopic (exact) mass is 318 g/mol. The molecule has 3 aromatic rings. The summed E-state index contributed by atoms with van der Waals surface area (Å²) in [5, 5.41) is 10.5. The Hall–Kier alpha value is -1.99. The number of furan rings is 1. The maximum atomic E-state index is 5.27. The van der Waals surface area contributed by atoms with Crippen molar-refractivity contribution in [1.82, 2.24) is 20.4 Å². The fraction of sp³-hybridized carbons (Fsp3) is 0.400. The van der Waals surface area contributed by atoms with Crippen LogP contribution < -0.4 is 5.32 Å². The van der Waals surface area contributed by atoms with E-state index in [1.165, 1.54) is 0 Å². The second-order valence-corrected chi connectivity index (χ2v) is 6.18. The van der Waals surface area contributed by atoms with E-state index in [9.17, 15) is 0 Å². The summed E-state index contributed by atoms with van der Waals surface area (Å²) in [7, 11) is 0. The zero-order valence-corrected chi connectivity index (χ0v) is 13.6. The first kappa shape index (κ1) is 14.9. The normalized spacial score (nSPS) is 14.1. The van der Waals surface area contributed by atoms with Crippen LogP contribution >= 0.6 is 11.3 Å². The van der Waals surface area contributed by atoms with Gasteiger partial charge in [-0.2, -0.15) is 4.98 Å². The minimum absolute atomic E-state index is 0.210. The lowest BCUT2D eigenvalue weighted by Gasteiger charge is -2.26. The molecule has 0 saturated heterocycles. The fourth-order valence-corrected chi connectivity index (χ4v) is 3.07. The highest BCUT2D eigenvalue weighted by molar-refractivity contribution is 7.09. The van der Waals surface area contributed by atoms with Crippen LogP contribution in [0.3, 0.4) is 0 Å². The predicted octanol–water partition coefficient (Wildman–Crippen LogP) is 3.51. The van der Waals surface area contributed by atoms with Crippen molar-refractivity contribution in [2.24, 2.45) is 0 Å². The molecule has 0 aliphatic rings. The summed E-state index contributed by atoms with van der Waals surface area (Å²) in [5.41, 5.74) is 0.831. The van der Waals surface area contributed by atoms with Crippen molar-refractivity contribution >= 4 is 11.3 Å². The van der Waals surface area contributed by atoms with Crippen LogP contribution in [0.25, 0.3) is 11.6 Å². The van der Waals surface area contributed by atoms with E-state index in [-0.39, 0.29) is 5.54 Å². The highest BCUT2D eigenvalue weighted by Gasteiger charge is 2.28. The Morgan fingerprint density at radius 2 is 2.23 bits per heavy atom. The molecule has 0 saturated carbocycles. The Bertz CT molecular complexity index is 734. The van der Waals surface area contributed by atoms with Crippen molar-refractivity contribution in [3.8, 4) is 11.6 Å². The molecule has 22 heavy (non-hydrogen) atoms. The molecule has 7 heteroatoms. The van der Waals surface area contributed by atoms with Gasteiger partial charge in [0.05, 0.1) is 18.3 Å². The first-order valence-electron chi connectivity index (χ1n) is 7.15. The third kappa shape index (κ3) is 2.95. The van der Waals surface area contributed by atoms with Crippen molar-refractivity contribution < 1.29 is 8.94 Å². The van der Waals surface area contributed by atoms with Gasteiger partial charge < -0.3 is 8.94 Å². The molecule has 6 nitrogen and oxygen atoms in total. The molecule has 0 fully saturated rings. The molecule has 0 bridgehead atoms. The lowest BCUT2D eigenvalue weighted by atomic mass is 10.00. The number of aryl methyl sites for hydroxylation is 1. The summed E-state index contributed by atoms with van der Waals surface area (Å²) < 4.78 is 10.5. The zero-order valence-electron chi connectivity index (χ0n) is 12.8. The molecular formula is C15H18N4O2S. The molecule has 1 atom stereocenters. The van der Waals surface area contributed by atoms with E-state index < -0.39 is 0 Å². The van der Waals surface area contributed by atoms with Gasteiger partial charge >= 0.3 is 0 Å². The van der Waals surface area contributed by atoms with Crippen LogP contribution in [0.5, 0.6) is 0 Å². The fourth-order valence-electron chi connectivity index (χ4n) is 2.06. The molecule has 3 rings (SSSR count). The lowest BCUT2D eigenvalue weighted by molar-refractivity contribution is 0.304. The van der Waals surface area contributed by atoms with Gasteiger partial charge in [-0.25, -0.2) is 4.98 Å². The molecule has 0 amide bonds. The van der Waals surface area contributed by atoms with Crippen molar-refractivity contribution in [1.29, 1.82) is 0 Å². The first-order chi connectivity index (χ1) is 10.6. The van der Waals surface area contributed by atoms with Crippen LogP contribution in [0, 0.1) is 6.92 Å². The molecule has 0 aliphatic carbocycles. The lowest BCUT2D eigenvalue weighted by Crippen LogP contribution is -2.38. The van der Waals surface area contributed by atoms with E-state index in [4.69, 9.17) is 8.94 Å². The number of nitrogens with one attached hydrogen (secondary N) is 1. The van der Waals surface area contributed by atoms with Crippen LogP contribution in [0.1, 0.15) is 36.9 Å². The van der Waals surface area contributed by atoms with Crippen molar-refractivity contribution in [3.63, 3.8) is 0 Å². The molecule has 0 aromatic carbocycles. The molecule has 0 spiro atoms. The maximum absolute atomic E-state index is 5.27. The van der Waals surface area contributed by atoms with Crippen LogP contribution in [0.15, 0.2) is 32.7 Å². The van der Waals surface area contributed by atoms with Crippen molar-refractivity contribution in [3.05, 3.63) is 40.4 Å². The number of aromatic nitrogens is 3. The van der Waals surface area contributed by atoms with E-state index in [0.717, 1.165) is 17.1 Å². The minimum atomic E-state index is -0.210. The summed E-state index contributed by atoms with van der Waals surface area (Å²) in [6, 6.07) is 3.60. The molecule has 1 N–H and O–H groups in total. The van der Waals surface area contributed by atoms with Gasteiger partial charge in [0.15, 0.2) is 5.76 Å². The topological polar surface area (TPSA) is 77.0 Å². The van der Waals surface area contributed by atoms with Crippen LogP contribution in [-0.2, 0) is 12.1 Å². The van der Waals surface area contributed by atoms with Gasteiger partial charge in [-0.15, -0.1) is 11.3 Å². The predicted molar refractivity (Wildman–Crippen MR) is 83.3 cm³/mol. The van der Waals surface area contributed by atoms with Crippen molar-refractivity contribution in [2.75, 3.05) is 0 Å². The number of hydrogen-bond acceptors (Lipinski definition) is 7. The second kappa shape index (κ2) is 6.02. The summed E-state index contributed by atoms with van der Waals surface area (Å²) in [6.07, 6.45) is 2.50. The van der Waals surface area contributed by atoms with Crippen LogP contribution in [0.4, 0.5) is 0 Å². The van der Waals surface area contributed by atoms with E-state index in [0.29, 0.717) is 24.0 Å². The van der Waals surface area contributed by atoms with Gasteiger partial charge in [-0.05, 0) is 32.4 Å². The molecule has 3 heterocycles. The largest absolute Gasteiger partial charge is 0.461 e. The van der Waals surface area contributed by atoms with E-state index >= 15 is 0 Å². The average molecular weight is 318 g/mol. The zero-order chi connectivity index (χ0) is 15.6. The maximum Gasteiger partial charge on any atom is 0.241 e. The number of rotatable bonds is 6. The number of hydrogen-bond donors (Lipinski definition) is 1. The summed E-state index contributed by atoms with van der Waals surface area (Å²) >= 11 is 1.66. The third-order valence-corrected chi connectivity index (χ3v) is 4.86. The van der Waals surface area contributed by atoms with Gasteiger partial charge in [0.2, 0.25) is 11.7 Å². The minimum Gasteiger partial charge on any atom is -0.461 e. The average Bonchev–Trinajstić information content (AvgIpc) is 3.25. The Morgan fingerprint density at radius 3 is 2.86 bits per heavy atom. The number of thiazole rings is 1. The van der Waals surface area contributed by atoms with Gasteiger partial charge in [0.1, 0.15) is 5.01 Å². The smallest absolute Gasteiger partial charge is 0.241 e. The quantitative estimate of drug-likeness (QED) is 0.749. The van der Waals surface area contributed by atoms with Gasteiger partial charge in [-0.3, -0.25) is 5.32 Å². The Balaban J connectivity index is 1.71. The molecule has 0 aliphatic heterocycles. The van der Waals surface area contributed by atoms with E-state index in [1.807, 2.05) is 6.92 Å². The summed E-state index contributed by atoms with van der Waals surface area (Å²) in [5.74, 6) is 1.59. The molecule has 116 valence electrons. The summed E-state index contributed by atoms with van der Waals surface area (Å²) in [4.78, 5) is 8.92. The van der Waals surface area contributed by atoms with Crippen molar-refractivity contribution in [2.45, 2.75) is 39.3 Å². The second-order valence-electron chi connectivity index (χ2n) is 5.32. The molecular weight excluding hydrogens is 300 g/mol. The van der Waals surface area contributed by atoms with Gasteiger partial charge in [0, 0.05) is 11.1 Å². The van der Waals surface area contributed by atoms with Gasteiger partial charge in [-0.1, -0.05) is 12.1 Å². The SMILES string of the molecule is CC[C@](C)(NCc1nc(-c2ccco2)no1)c1nc(C)cs1. The Morgan fingerprint density at radius 1 is 1.36 bits per heavy atom. The Labute approximate surface area is 132 Å². The molecule has 0 radical (unpaired) electrons. The number of nitrogens with zero attached hydrogens (tertiary/aromatic N) is 3. The van der Waals surface area contributed by atoms with E-state index in [1.54, 1.807) is 29.7 Å². The van der Waals surface area contributed by atoms with E-state index in [2.05, 4.69) is 39.7 Å². The molecule has 0 unspecified atom stereocenters. The highest BCUT2D eigenvalue weighted by atomic mass is 32.1. The van der Waals surface area contributed by atoms with Gasteiger partial charge in [0.25, 0.3) is 0 Å². The molecule has 3 aromatic heterocycles. The summed E-state index contributed by atoms with van der Waals surface area (Å²) in [6.45, 7) is 6.75. The third-order valence-electron chi connectivity index (χ3n) is 3.64. The van der Waals surface area contributed by atoms with Crippen LogP contribution in [0.2, 0.25) is 0 Å².